The van der Waals surface area contributed by atoms with Crippen LogP contribution in [0.2, 0.25) is 0 Å². The molecule has 0 radical (unpaired) electrons. The molecule has 1 heterocycles. The SMILES string of the molecule is Cc1ccc(N2CCN(SS)CC2)cc1. The number of nitrogens with zero attached hydrogens (tertiary/aromatic N) is 2. The van der Waals surface area contributed by atoms with E-state index in [1.54, 1.807) is 11.0 Å². The Balaban J connectivity index is 1.98. The average molecular weight is 240 g/mol. The molecule has 2 nitrogen and oxygen atoms in total. The molecule has 0 aliphatic carbocycles. The Hall–Kier alpha value is -0.320. The molecule has 1 saturated heterocycles. The predicted molar refractivity (Wildman–Crippen MR) is 71.5 cm³/mol. The van der Waals surface area contributed by atoms with E-state index in [-0.39, 0.29) is 0 Å². The van der Waals surface area contributed by atoms with Crippen molar-refractivity contribution in [2.24, 2.45) is 0 Å². The topological polar surface area (TPSA) is 6.48 Å². The van der Waals surface area contributed by atoms with Crippen molar-refractivity contribution in [2.45, 2.75) is 6.92 Å². The van der Waals surface area contributed by atoms with Gasteiger partial charge >= 0.3 is 0 Å². The normalized spacial score (nSPS) is 18.1. The number of thiol groups is 1. The first-order valence-corrected chi connectivity index (χ1v) is 7.00. The van der Waals surface area contributed by atoms with Gasteiger partial charge in [-0.2, -0.15) is 0 Å². The Kier molecular flexibility index (Phi) is 3.83. The standard InChI is InChI=1S/C11H16N2S2/c1-10-2-4-11(5-3-10)12-6-8-13(15-14)9-7-12/h2-5,14H,6-9H2,1H3. The zero-order chi connectivity index (χ0) is 10.7. The third-order valence-corrected chi connectivity index (χ3v) is 4.04. The Bertz CT molecular complexity index is 305. The second kappa shape index (κ2) is 5.14. The van der Waals surface area contributed by atoms with E-state index >= 15 is 0 Å². The number of piperazine rings is 1. The first-order chi connectivity index (χ1) is 7.29. The zero-order valence-corrected chi connectivity index (χ0v) is 10.6. The highest BCUT2D eigenvalue weighted by Crippen LogP contribution is 2.21. The molecule has 0 unspecified atom stereocenters. The summed E-state index contributed by atoms with van der Waals surface area (Å²) in [5, 5.41) is 0. The van der Waals surface area contributed by atoms with E-state index in [1.807, 2.05) is 0 Å². The van der Waals surface area contributed by atoms with E-state index in [4.69, 9.17) is 0 Å². The van der Waals surface area contributed by atoms with Crippen LogP contribution in [0.15, 0.2) is 24.3 Å². The van der Waals surface area contributed by atoms with Gasteiger partial charge in [0.15, 0.2) is 0 Å². The van der Waals surface area contributed by atoms with Crippen LogP contribution in [-0.2, 0) is 0 Å². The number of benzene rings is 1. The van der Waals surface area contributed by atoms with Gasteiger partial charge in [0.2, 0.25) is 0 Å². The fourth-order valence-corrected chi connectivity index (χ4v) is 2.60. The van der Waals surface area contributed by atoms with E-state index in [0.29, 0.717) is 0 Å². The van der Waals surface area contributed by atoms with Crippen LogP contribution >= 0.6 is 22.6 Å². The Labute approximate surface area is 101 Å². The number of rotatable bonds is 2. The van der Waals surface area contributed by atoms with Crippen molar-refractivity contribution in [3.05, 3.63) is 29.8 Å². The van der Waals surface area contributed by atoms with Crippen molar-refractivity contribution >= 4 is 28.3 Å². The van der Waals surface area contributed by atoms with Crippen LogP contribution in [0, 0.1) is 6.92 Å². The molecule has 82 valence electrons. The number of aryl methyl sites for hydroxylation is 1. The highest BCUT2D eigenvalue weighted by molar-refractivity contribution is 8.67. The van der Waals surface area contributed by atoms with Gasteiger partial charge in [0.05, 0.1) is 0 Å². The second-order valence-corrected chi connectivity index (χ2v) is 5.00. The monoisotopic (exact) mass is 240 g/mol. The molecular weight excluding hydrogens is 224 g/mol. The van der Waals surface area contributed by atoms with Gasteiger partial charge < -0.3 is 4.90 Å². The van der Waals surface area contributed by atoms with Crippen LogP contribution < -0.4 is 4.90 Å². The molecule has 0 saturated carbocycles. The van der Waals surface area contributed by atoms with E-state index < -0.39 is 0 Å². The number of hydrogen-bond donors (Lipinski definition) is 1. The Morgan fingerprint density at radius 3 is 2.20 bits per heavy atom. The van der Waals surface area contributed by atoms with Crippen LogP contribution in [0.25, 0.3) is 0 Å². The minimum Gasteiger partial charge on any atom is -0.369 e. The molecule has 1 aliphatic rings. The molecule has 15 heavy (non-hydrogen) atoms. The van der Waals surface area contributed by atoms with Crippen molar-refractivity contribution in [3.63, 3.8) is 0 Å². The van der Waals surface area contributed by atoms with Crippen molar-refractivity contribution in [3.8, 4) is 0 Å². The van der Waals surface area contributed by atoms with E-state index in [2.05, 4.69) is 52.1 Å². The van der Waals surface area contributed by atoms with Crippen molar-refractivity contribution in [1.82, 2.24) is 4.31 Å². The molecule has 0 bridgehead atoms. The smallest absolute Gasteiger partial charge is 0.0367 e. The highest BCUT2D eigenvalue weighted by atomic mass is 33.1. The fourth-order valence-electron chi connectivity index (χ4n) is 1.78. The van der Waals surface area contributed by atoms with Crippen LogP contribution in [0.3, 0.4) is 0 Å². The Morgan fingerprint density at radius 2 is 1.67 bits per heavy atom. The largest absolute Gasteiger partial charge is 0.369 e. The molecule has 0 aromatic heterocycles. The van der Waals surface area contributed by atoms with E-state index in [0.717, 1.165) is 26.2 Å². The molecule has 1 aromatic rings. The van der Waals surface area contributed by atoms with Crippen LogP contribution in [0.1, 0.15) is 5.56 Å². The minimum atomic E-state index is 1.09. The van der Waals surface area contributed by atoms with Gasteiger partial charge in [0.25, 0.3) is 0 Å². The summed E-state index contributed by atoms with van der Waals surface area (Å²) < 4.78 is 2.29. The second-order valence-electron chi connectivity index (χ2n) is 3.83. The quantitative estimate of drug-likeness (QED) is 0.483. The lowest BCUT2D eigenvalue weighted by atomic mass is 10.2. The van der Waals surface area contributed by atoms with Gasteiger partial charge in [-0.3, -0.25) is 0 Å². The maximum atomic E-state index is 4.22. The lowest BCUT2D eigenvalue weighted by Gasteiger charge is -2.34. The summed E-state index contributed by atoms with van der Waals surface area (Å²) in [6.45, 7) is 6.48. The van der Waals surface area contributed by atoms with Crippen molar-refractivity contribution < 1.29 is 0 Å². The summed E-state index contributed by atoms with van der Waals surface area (Å²) in [5.74, 6) is 0. The summed E-state index contributed by atoms with van der Waals surface area (Å²) in [6, 6.07) is 8.77. The van der Waals surface area contributed by atoms with Gasteiger partial charge in [0, 0.05) is 31.9 Å². The maximum Gasteiger partial charge on any atom is 0.0367 e. The van der Waals surface area contributed by atoms with Gasteiger partial charge in [-0.1, -0.05) is 29.4 Å². The minimum absolute atomic E-state index is 1.09. The Morgan fingerprint density at radius 1 is 1.07 bits per heavy atom. The predicted octanol–water partition coefficient (Wildman–Crippen LogP) is 2.61. The zero-order valence-electron chi connectivity index (χ0n) is 8.89. The van der Waals surface area contributed by atoms with E-state index in [1.165, 1.54) is 11.3 Å². The first-order valence-electron chi connectivity index (χ1n) is 5.18. The fraction of sp³-hybridized carbons (Fsp3) is 0.455. The first kappa shape index (κ1) is 11.2. The van der Waals surface area contributed by atoms with E-state index in [9.17, 15) is 0 Å². The molecule has 1 aliphatic heterocycles. The molecule has 0 N–H and O–H groups in total. The number of hydrogen-bond acceptors (Lipinski definition) is 4. The maximum absolute atomic E-state index is 4.22. The van der Waals surface area contributed by atoms with Gasteiger partial charge in [-0.15, -0.1) is 0 Å². The molecule has 4 heteroatoms. The number of anilines is 1. The molecule has 1 fully saturated rings. The van der Waals surface area contributed by atoms with Crippen LogP contribution in [0.4, 0.5) is 5.69 Å². The molecule has 2 rings (SSSR count). The van der Waals surface area contributed by atoms with Crippen molar-refractivity contribution in [1.29, 1.82) is 0 Å². The molecule has 0 atom stereocenters. The van der Waals surface area contributed by atoms with Crippen molar-refractivity contribution in [2.75, 3.05) is 31.1 Å². The third kappa shape index (κ3) is 2.83. The lowest BCUT2D eigenvalue weighted by Crippen LogP contribution is -2.43. The summed E-state index contributed by atoms with van der Waals surface area (Å²) >= 11 is 4.22. The lowest BCUT2D eigenvalue weighted by molar-refractivity contribution is 0.433. The summed E-state index contributed by atoms with van der Waals surface area (Å²) in [5.41, 5.74) is 2.66. The summed E-state index contributed by atoms with van der Waals surface area (Å²) in [6.07, 6.45) is 0. The third-order valence-electron chi connectivity index (χ3n) is 2.75. The van der Waals surface area contributed by atoms with Gasteiger partial charge in [-0.25, -0.2) is 4.31 Å². The molecule has 0 amide bonds. The average Bonchev–Trinajstić information content (AvgIpc) is 2.30. The van der Waals surface area contributed by atoms with Gasteiger partial charge in [0.1, 0.15) is 0 Å². The van der Waals surface area contributed by atoms with Gasteiger partial charge in [-0.05, 0) is 30.0 Å². The molecular formula is C11H16N2S2. The molecule has 0 spiro atoms. The van der Waals surface area contributed by atoms with Crippen LogP contribution in [0.5, 0.6) is 0 Å². The summed E-state index contributed by atoms with van der Waals surface area (Å²) in [4.78, 5) is 2.43. The summed E-state index contributed by atoms with van der Waals surface area (Å²) in [7, 11) is 1.55. The molecule has 1 aromatic carbocycles. The van der Waals surface area contributed by atoms with Crippen LogP contribution in [-0.4, -0.2) is 30.5 Å². The highest BCUT2D eigenvalue weighted by Gasteiger charge is 2.16.